The molecule has 0 heterocycles. The average molecular weight is 283 g/mol. The van der Waals surface area contributed by atoms with E-state index in [1.54, 1.807) is 12.1 Å². The molecule has 20 heavy (non-hydrogen) atoms. The molecule has 0 fully saturated rings. The number of hydrazine groups is 1. The van der Waals surface area contributed by atoms with Crippen LogP contribution in [0.4, 0.5) is 11.4 Å². The number of nitrogens with two attached hydrogens (primary N) is 1. The molecule has 0 aliphatic carbocycles. The Balaban J connectivity index is 2.56. The van der Waals surface area contributed by atoms with Gasteiger partial charge in [0.1, 0.15) is 5.69 Å². The van der Waals surface area contributed by atoms with Gasteiger partial charge in [-0.25, -0.2) is 0 Å². The van der Waals surface area contributed by atoms with Crippen LogP contribution in [0.1, 0.15) is 26.3 Å². The normalized spacial score (nSPS) is 11.4. The number of nitro groups is 1. The molecule has 0 amide bonds. The van der Waals surface area contributed by atoms with Crippen LogP contribution in [0.5, 0.6) is 0 Å². The smallest absolute Gasteiger partial charge is 0.294 e. The Kier molecular flexibility index (Phi) is 5.87. The van der Waals surface area contributed by atoms with E-state index < -0.39 is 4.92 Å². The number of nitrogen functional groups attached to an aromatic ring is 1. The van der Waals surface area contributed by atoms with E-state index in [0.717, 1.165) is 0 Å². The van der Waals surface area contributed by atoms with Gasteiger partial charge in [0, 0.05) is 11.6 Å². The monoisotopic (exact) mass is 283 g/mol. The van der Waals surface area contributed by atoms with E-state index in [1.165, 1.54) is 6.07 Å². The Morgan fingerprint density at radius 3 is 2.60 bits per heavy atom. The van der Waals surface area contributed by atoms with Gasteiger partial charge in [0.15, 0.2) is 0 Å². The van der Waals surface area contributed by atoms with Gasteiger partial charge in [-0.3, -0.25) is 16.0 Å². The summed E-state index contributed by atoms with van der Waals surface area (Å²) in [6.45, 7) is 6.99. The number of benzene rings is 1. The number of para-hydroxylation sites is 1. The van der Waals surface area contributed by atoms with Crippen LogP contribution in [0.25, 0.3) is 0 Å². The van der Waals surface area contributed by atoms with E-state index in [4.69, 9.17) is 15.3 Å². The standard InChI is InChI=1S/C13H21N3O4/c1-13(2,3)20-8-7-19-9-10-5-4-6-11(16(17)18)12(10)15-14/h4-6,15H,7-9,14H2,1-3H3. The van der Waals surface area contributed by atoms with Gasteiger partial charge in [0.25, 0.3) is 5.69 Å². The van der Waals surface area contributed by atoms with Crippen molar-refractivity contribution in [1.29, 1.82) is 0 Å². The number of ether oxygens (including phenoxy) is 2. The summed E-state index contributed by atoms with van der Waals surface area (Å²) < 4.78 is 11.0. The predicted octanol–water partition coefficient (Wildman–Crippen LogP) is 2.21. The number of nitrogens with zero attached hydrogens (tertiary/aromatic N) is 1. The fraction of sp³-hybridized carbons (Fsp3) is 0.538. The van der Waals surface area contributed by atoms with Crippen molar-refractivity contribution in [3.8, 4) is 0 Å². The summed E-state index contributed by atoms with van der Waals surface area (Å²) in [5.41, 5.74) is 2.99. The lowest BCUT2D eigenvalue weighted by atomic mass is 10.1. The van der Waals surface area contributed by atoms with Crippen molar-refractivity contribution in [2.45, 2.75) is 33.0 Å². The Labute approximate surface area is 118 Å². The maximum Gasteiger partial charge on any atom is 0.294 e. The minimum absolute atomic E-state index is 0.0699. The molecule has 0 aliphatic heterocycles. The molecule has 1 aromatic carbocycles. The van der Waals surface area contributed by atoms with Gasteiger partial charge in [-0.2, -0.15) is 0 Å². The molecule has 0 aromatic heterocycles. The first-order valence-electron chi connectivity index (χ1n) is 6.30. The summed E-state index contributed by atoms with van der Waals surface area (Å²) in [6.07, 6.45) is 0. The number of anilines is 1. The highest BCUT2D eigenvalue weighted by atomic mass is 16.6. The average Bonchev–Trinajstić information content (AvgIpc) is 2.36. The zero-order valence-electron chi connectivity index (χ0n) is 12.0. The Bertz CT molecular complexity index is 457. The van der Waals surface area contributed by atoms with Crippen molar-refractivity contribution >= 4 is 11.4 Å². The second-order valence-corrected chi connectivity index (χ2v) is 5.23. The van der Waals surface area contributed by atoms with Gasteiger partial charge in [-0.1, -0.05) is 12.1 Å². The molecule has 0 unspecified atom stereocenters. The largest absolute Gasteiger partial charge is 0.374 e. The molecule has 3 N–H and O–H groups in total. The van der Waals surface area contributed by atoms with E-state index in [-0.39, 0.29) is 23.6 Å². The van der Waals surface area contributed by atoms with Crippen LogP contribution in [0.2, 0.25) is 0 Å². The summed E-state index contributed by atoms with van der Waals surface area (Å²) in [6, 6.07) is 4.72. The second-order valence-electron chi connectivity index (χ2n) is 5.23. The summed E-state index contributed by atoms with van der Waals surface area (Å²) in [4.78, 5) is 10.4. The van der Waals surface area contributed by atoms with E-state index in [1.807, 2.05) is 20.8 Å². The highest BCUT2D eigenvalue weighted by Gasteiger charge is 2.16. The molecular weight excluding hydrogens is 262 g/mol. The molecule has 0 saturated heterocycles. The molecule has 0 bridgehead atoms. The van der Waals surface area contributed by atoms with Crippen LogP contribution in [0, 0.1) is 10.1 Å². The van der Waals surface area contributed by atoms with Crippen LogP contribution in [0.15, 0.2) is 18.2 Å². The van der Waals surface area contributed by atoms with Crippen molar-refractivity contribution in [2.24, 2.45) is 5.84 Å². The van der Waals surface area contributed by atoms with Crippen molar-refractivity contribution < 1.29 is 14.4 Å². The molecule has 0 atom stereocenters. The van der Waals surface area contributed by atoms with Gasteiger partial charge in [0.2, 0.25) is 0 Å². The van der Waals surface area contributed by atoms with Gasteiger partial charge in [-0.05, 0) is 20.8 Å². The number of nitro benzene ring substituents is 1. The Hall–Kier alpha value is -1.70. The zero-order valence-corrected chi connectivity index (χ0v) is 12.0. The first-order valence-corrected chi connectivity index (χ1v) is 6.30. The zero-order chi connectivity index (χ0) is 15.2. The first-order chi connectivity index (χ1) is 9.35. The van der Waals surface area contributed by atoms with Crippen molar-refractivity contribution in [3.63, 3.8) is 0 Å². The van der Waals surface area contributed by atoms with Crippen LogP contribution in [-0.2, 0) is 16.1 Å². The molecule has 0 aliphatic rings. The summed E-state index contributed by atoms with van der Waals surface area (Å²) >= 11 is 0. The molecule has 1 rings (SSSR count). The highest BCUT2D eigenvalue weighted by Crippen LogP contribution is 2.27. The lowest BCUT2D eigenvalue weighted by Crippen LogP contribution is -2.21. The van der Waals surface area contributed by atoms with Crippen molar-refractivity contribution in [3.05, 3.63) is 33.9 Å². The van der Waals surface area contributed by atoms with Gasteiger partial charge >= 0.3 is 0 Å². The topological polar surface area (TPSA) is 99.6 Å². The number of rotatable bonds is 7. The quantitative estimate of drug-likeness (QED) is 0.344. The van der Waals surface area contributed by atoms with Crippen LogP contribution >= 0.6 is 0 Å². The van der Waals surface area contributed by atoms with Gasteiger partial charge in [0.05, 0.1) is 30.3 Å². The lowest BCUT2D eigenvalue weighted by Gasteiger charge is -2.19. The highest BCUT2D eigenvalue weighted by molar-refractivity contribution is 5.65. The van der Waals surface area contributed by atoms with Crippen LogP contribution < -0.4 is 11.3 Å². The van der Waals surface area contributed by atoms with E-state index >= 15 is 0 Å². The third-order valence-electron chi connectivity index (χ3n) is 2.49. The van der Waals surface area contributed by atoms with Crippen LogP contribution in [0.3, 0.4) is 0 Å². The molecule has 7 heteroatoms. The minimum Gasteiger partial charge on any atom is -0.374 e. The number of hydrogen-bond acceptors (Lipinski definition) is 6. The molecule has 0 spiro atoms. The first kappa shape index (κ1) is 16.4. The van der Waals surface area contributed by atoms with Gasteiger partial charge in [-0.15, -0.1) is 0 Å². The predicted molar refractivity (Wildman–Crippen MR) is 76.3 cm³/mol. The van der Waals surface area contributed by atoms with Gasteiger partial charge < -0.3 is 14.9 Å². The fourth-order valence-electron chi connectivity index (χ4n) is 1.61. The summed E-state index contributed by atoms with van der Waals surface area (Å²) in [5, 5.41) is 10.9. The number of nitrogens with one attached hydrogen (secondary N) is 1. The molecule has 1 aromatic rings. The number of hydrogen-bond donors (Lipinski definition) is 2. The lowest BCUT2D eigenvalue weighted by molar-refractivity contribution is -0.384. The Morgan fingerprint density at radius 2 is 2.05 bits per heavy atom. The van der Waals surface area contributed by atoms with Crippen molar-refractivity contribution in [2.75, 3.05) is 18.6 Å². The third-order valence-corrected chi connectivity index (χ3v) is 2.49. The fourth-order valence-corrected chi connectivity index (χ4v) is 1.61. The molecular formula is C13H21N3O4. The second kappa shape index (κ2) is 7.18. The molecule has 0 radical (unpaired) electrons. The summed E-state index contributed by atoms with van der Waals surface area (Å²) in [7, 11) is 0. The minimum atomic E-state index is -0.485. The van der Waals surface area contributed by atoms with Crippen molar-refractivity contribution in [1.82, 2.24) is 0 Å². The van der Waals surface area contributed by atoms with E-state index in [2.05, 4.69) is 5.43 Å². The third kappa shape index (κ3) is 5.12. The molecule has 0 saturated carbocycles. The molecule has 112 valence electrons. The maximum atomic E-state index is 10.9. The maximum absolute atomic E-state index is 10.9. The van der Waals surface area contributed by atoms with E-state index in [0.29, 0.717) is 18.8 Å². The SMILES string of the molecule is CC(C)(C)OCCOCc1cccc([N+](=O)[O-])c1NN. The van der Waals surface area contributed by atoms with E-state index in [9.17, 15) is 10.1 Å². The Morgan fingerprint density at radius 1 is 1.35 bits per heavy atom. The van der Waals surface area contributed by atoms with Crippen LogP contribution in [-0.4, -0.2) is 23.7 Å². The summed E-state index contributed by atoms with van der Waals surface area (Å²) in [5.74, 6) is 5.34. The molecule has 7 nitrogen and oxygen atoms in total.